The molecule has 2 N–H and O–H groups in total. The Morgan fingerprint density at radius 3 is 2.96 bits per heavy atom. The number of para-hydroxylation sites is 1. The van der Waals surface area contributed by atoms with Crippen molar-refractivity contribution in [1.82, 2.24) is 20.4 Å². The second-order valence-corrected chi connectivity index (χ2v) is 5.07. The number of nitrogens with one attached hydrogen (secondary N) is 2. The zero-order valence-corrected chi connectivity index (χ0v) is 13.5. The molecule has 0 aliphatic carbocycles. The van der Waals surface area contributed by atoms with Crippen LogP contribution in [0.1, 0.15) is 23.2 Å². The molecule has 0 saturated heterocycles. The standard InChI is InChI=1S/C17H16N4O4/c1-2-24-13-6-4-3-5-12(13)17(23)19-10-15-20-16(21-25-15)11-7-8-18-14(22)9-11/h3-9H,2,10H2,1H3,(H,18,22)(H,19,23). The van der Waals surface area contributed by atoms with Gasteiger partial charge in [-0.05, 0) is 25.1 Å². The average Bonchev–Trinajstić information content (AvgIpc) is 3.09. The molecule has 8 nitrogen and oxygen atoms in total. The number of carbonyl (C=O) groups is 1. The number of hydrogen-bond acceptors (Lipinski definition) is 6. The minimum atomic E-state index is -0.306. The number of benzene rings is 1. The maximum Gasteiger partial charge on any atom is 0.255 e. The molecule has 3 rings (SSSR count). The summed E-state index contributed by atoms with van der Waals surface area (Å²) < 4.78 is 10.5. The minimum absolute atomic E-state index is 0.0650. The number of hydrogen-bond donors (Lipinski definition) is 2. The second kappa shape index (κ2) is 7.43. The molecule has 0 aliphatic rings. The van der Waals surface area contributed by atoms with Gasteiger partial charge in [-0.2, -0.15) is 4.98 Å². The summed E-state index contributed by atoms with van der Waals surface area (Å²) in [4.78, 5) is 30.3. The molecule has 0 aliphatic heterocycles. The number of pyridine rings is 1. The predicted molar refractivity (Wildman–Crippen MR) is 89.1 cm³/mol. The van der Waals surface area contributed by atoms with E-state index in [0.717, 1.165) is 0 Å². The number of rotatable bonds is 6. The van der Waals surface area contributed by atoms with Crippen molar-refractivity contribution < 1.29 is 14.1 Å². The zero-order valence-electron chi connectivity index (χ0n) is 13.5. The number of aromatic amines is 1. The average molecular weight is 340 g/mol. The van der Waals surface area contributed by atoms with Crippen LogP contribution >= 0.6 is 0 Å². The van der Waals surface area contributed by atoms with Crippen molar-refractivity contribution in [3.05, 3.63) is 64.4 Å². The van der Waals surface area contributed by atoms with E-state index in [4.69, 9.17) is 9.26 Å². The van der Waals surface area contributed by atoms with Crippen LogP contribution in [-0.2, 0) is 6.54 Å². The Hall–Kier alpha value is -3.42. The van der Waals surface area contributed by atoms with E-state index >= 15 is 0 Å². The van der Waals surface area contributed by atoms with E-state index in [1.165, 1.54) is 12.3 Å². The van der Waals surface area contributed by atoms with Gasteiger partial charge in [0.25, 0.3) is 5.91 Å². The van der Waals surface area contributed by atoms with Crippen LogP contribution in [0.15, 0.2) is 51.9 Å². The van der Waals surface area contributed by atoms with Crippen LogP contribution in [0.3, 0.4) is 0 Å². The molecular weight excluding hydrogens is 324 g/mol. The van der Waals surface area contributed by atoms with E-state index in [1.54, 1.807) is 30.3 Å². The van der Waals surface area contributed by atoms with Crippen LogP contribution < -0.4 is 15.6 Å². The van der Waals surface area contributed by atoms with Gasteiger partial charge in [-0.3, -0.25) is 9.59 Å². The van der Waals surface area contributed by atoms with Crippen molar-refractivity contribution >= 4 is 5.91 Å². The summed E-state index contributed by atoms with van der Waals surface area (Å²) in [7, 11) is 0. The van der Waals surface area contributed by atoms with Gasteiger partial charge in [-0.1, -0.05) is 17.3 Å². The van der Waals surface area contributed by atoms with Gasteiger partial charge in [-0.25, -0.2) is 0 Å². The van der Waals surface area contributed by atoms with Gasteiger partial charge < -0.3 is 19.6 Å². The van der Waals surface area contributed by atoms with E-state index in [9.17, 15) is 9.59 Å². The van der Waals surface area contributed by atoms with Gasteiger partial charge in [0, 0.05) is 17.8 Å². The SMILES string of the molecule is CCOc1ccccc1C(=O)NCc1nc(-c2cc[nH]c(=O)c2)no1. The molecule has 0 spiro atoms. The Kier molecular flexibility index (Phi) is 4.89. The van der Waals surface area contributed by atoms with Crippen LogP contribution in [0.4, 0.5) is 0 Å². The summed E-state index contributed by atoms with van der Waals surface area (Å²) in [6.07, 6.45) is 1.50. The third-order valence-corrected chi connectivity index (χ3v) is 3.33. The first-order chi connectivity index (χ1) is 12.2. The van der Waals surface area contributed by atoms with Crippen LogP contribution in [-0.4, -0.2) is 27.6 Å². The third kappa shape index (κ3) is 3.92. The molecule has 0 atom stereocenters. The number of nitrogens with zero attached hydrogens (tertiary/aromatic N) is 2. The van der Waals surface area contributed by atoms with E-state index in [2.05, 4.69) is 20.4 Å². The molecule has 8 heteroatoms. The minimum Gasteiger partial charge on any atom is -0.493 e. The quantitative estimate of drug-likeness (QED) is 0.707. The number of amides is 1. The predicted octanol–water partition coefficient (Wildman–Crippen LogP) is 1.75. The highest BCUT2D eigenvalue weighted by Crippen LogP contribution is 2.18. The smallest absolute Gasteiger partial charge is 0.255 e. The fourth-order valence-electron chi connectivity index (χ4n) is 2.21. The first-order valence-electron chi connectivity index (χ1n) is 7.69. The maximum atomic E-state index is 12.3. The van der Waals surface area contributed by atoms with E-state index in [-0.39, 0.29) is 29.7 Å². The van der Waals surface area contributed by atoms with Gasteiger partial charge >= 0.3 is 0 Å². The number of H-pyrrole nitrogens is 1. The van der Waals surface area contributed by atoms with Gasteiger partial charge in [-0.15, -0.1) is 0 Å². The Labute approximate surface area is 142 Å². The van der Waals surface area contributed by atoms with Crippen molar-refractivity contribution in [2.24, 2.45) is 0 Å². The van der Waals surface area contributed by atoms with Gasteiger partial charge in [0.15, 0.2) is 0 Å². The van der Waals surface area contributed by atoms with Crippen molar-refractivity contribution in [3.63, 3.8) is 0 Å². The highest BCUT2D eigenvalue weighted by Gasteiger charge is 2.14. The molecule has 2 heterocycles. The largest absolute Gasteiger partial charge is 0.493 e. The summed E-state index contributed by atoms with van der Waals surface area (Å²) in [6.45, 7) is 2.38. The third-order valence-electron chi connectivity index (χ3n) is 3.33. The molecule has 0 fully saturated rings. The lowest BCUT2D eigenvalue weighted by molar-refractivity contribution is 0.0942. The molecule has 0 saturated carbocycles. The monoisotopic (exact) mass is 340 g/mol. The molecule has 2 aromatic heterocycles. The maximum absolute atomic E-state index is 12.3. The van der Waals surface area contributed by atoms with Gasteiger partial charge in [0.1, 0.15) is 5.75 Å². The molecule has 128 valence electrons. The molecule has 3 aromatic rings. The Morgan fingerprint density at radius 1 is 1.32 bits per heavy atom. The van der Waals surface area contributed by atoms with E-state index < -0.39 is 0 Å². The Balaban J connectivity index is 1.68. The van der Waals surface area contributed by atoms with Crippen molar-refractivity contribution in [3.8, 4) is 17.1 Å². The zero-order chi connectivity index (χ0) is 17.6. The molecule has 25 heavy (non-hydrogen) atoms. The van der Waals surface area contributed by atoms with E-state index in [1.807, 2.05) is 6.92 Å². The molecule has 0 unspecified atom stereocenters. The number of carbonyl (C=O) groups excluding carboxylic acids is 1. The summed E-state index contributed by atoms with van der Waals surface area (Å²) in [6, 6.07) is 9.99. The second-order valence-electron chi connectivity index (χ2n) is 5.07. The summed E-state index contributed by atoms with van der Waals surface area (Å²) in [5.41, 5.74) is 0.704. The van der Waals surface area contributed by atoms with Crippen LogP contribution in [0.25, 0.3) is 11.4 Å². The summed E-state index contributed by atoms with van der Waals surface area (Å²) in [5.74, 6) is 0.722. The first kappa shape index (κ1) is 16.4. The number of aromatic nitrogens is 3. The van der Waals surface area contributed by atoms with Gasteiger partial charge in [0.2, 0.25) is 17.3 Å². The van der Waals surface area contributed by atoms with Gasteiger partial charge in [0.05, 0.1) is 18.7 Å². The summed E-state index contributed by atoms with van der Waals surface area (Å²) >= 11 is 0. The fourth-order valence-corrected chi connectivity index (χ4v) is 2.21. The summed E-state index contributed by atoms with van der Waals surface area (Å²) in [5, 5.41) is 6.52. The molecule has 1 amide bonds. The molecule has 0 radical (unpaired) electrons. The molecular formula is C17H16N4O4. The lowest BCUT2D eigenvalue weighted by Crippen LogP contribution is -2.23. The number of ether oxygens (including phenoxy) is 1. The Bertz CT molecular complexity index is 932. The van der Waals surface area contributed by atoms with Crippen LogP contribution in [0, 0.1) is 0 Å². The highest BCUT2D eigenvalue weighted by molar-refractivity contribution is 5.96. The highest BCUT2D eigenvalue weighted by atomic mass is 16.5. The lowest BCUT2D eigenvalue weighted by atomic mass is 10.2. The first-order valence-corrected chi connectivity index (χ1v) is 7.69. The topological polar surface area (TPSA) is 110 Å². The van der Waals surface area contributed by atoms with Crippen molar-refractivity contribution in [2.75, 3.05) is 6.61 Å². The van der Waals surface area contributed by atoms with E-state index in [0.29, 0.717) is 23.5 Å². The molecule has 1 aromatic carbocycles. The normalized spacial score (nSPS) is 10.4. The van der Waals surface area contributed by atoms with Crippen LogP contribution in [0.2, 0.25) is 0 Å². The fraction of sp³-hybridized carbons (Fsp3) is 0.176. The Morgan fingerprint density at radius 2 is 2.16 bits per heavy atom. The lowest BCUT2D eigenvalue weighted by Gasteiger charge is -2.09. The van der Waals surface area contributed by atoms with Crippen molar-refractivity contribution in [1.29, 1.82) is 0 Å². The van der Waals surface area contributed by atoms with Crippen LogP contribution in [0.5, 0.6) is 5.75 Å². The van der Waals surface area contributed by atoms with Crippen molar-refractivity contribution in [2.45, 2.75) is 13.5 Å². The molecule has 0 bridgehead atoms.